The summed E-state index contributed by atoms with van der Waals surface area (Å²) >= 11 is 0. The van der Waals surface area contributed by atoms with Gasteiger partial charge in [-0.1, -0.05) is 0 Å². The van der Waals surface area contributed by atoms with Crippen molar-refractivity contribution in [3.05, 3.63) is 0 Å². The van der Waals surface area contributed by atoms with E-state index in [1.807, 2.05) is 4.90 Å². The second-order valence-electron chi connectivity index (χ2n) is 4.17. The summed E-state index contributed by atoms with van der Waals surface area (Å²) in [7, 11) is 1.45. The number of likely N-dealkylation sites (tertiary alicyclic amines) is 1. The van der Waals surface area contributed by atoms with Crippen LogP contribution in [0.3, 0.4) is 0 Å². The molecule has 0 aromatic carbocycles. The van der Waals surface area contributed by atoms with Crippen LogP contribution in [0.4, 0.5) is 4.79 Å². The van der Waals surface area contributed by atoms with Gasteiger partial charge in [0.25, 0.3) is 0 Å². The SMILES string of the molecule is COC(=O)N1CC[C@@H]2NCCC[C@H]2C1. The first-order valence-corrected chi connectivity index (χ1v) is 5.37. The van der Waals surface area contributed by atoms with Crippen LogP contribution in [0.1, 0.15) is 19.3 Å². The normalized spacial score (nSPS) is 32.2. The molecule has 2 aliphatic heterocycles. The summed E-state index contributed by atoms with van der Waals surface area (Å²) in [5, 5.41) is 3.52. The van der Waals surface area contributed by atoms with Crippen LogP contribution in [0.2, 0.25) is 0 Å². The van der Waals surface area contributed by atoms with Gasteiger partial charge in [-0.25, -0.2) is 4.79 Å². The number of nitrogens with one attached hydrogen (secondary N) is 1. The van der Waals surface area contributed by atoms with E-state index in [1.165, 1.54) is 20.0 Å². The van der Waals surface area contributed by atoms with Gasteiger partial charge >= 0.3 is 6.09 Å². The molecule has 0 saturated carbocycles. The minimum absolute atomic E-state index is 0.172. The summed E-state index contributed by atoms with van der Waals surface area (Å²) in [6, 6.07) is 0.629. The Kier molecular flexibility index (Phi) is 2.91. The molecule has 2 rings (SSSR count). The number of carbonyl (C=O) groups is 1. The Labute approximate surface area is 84.6 Å². The van der Waals surface area contributed by atoms with Crippen LogP contribution in [0.15, 0.2) is 0 Å². The number of piperidine rings is 2. The van der Waals surface area contributed by atoms with Crippen LogP contribution in [0.25, 0.3) is 0 Å². The largest absolute Gasteiger partial charge is 0.453 e. The zero-order valence-corrected chi connectivity index (χ0v) is 8.66. The van der Waals surface area contributed by atoms with Crippen molar-refractivity contribution in [2.24, 2.45) is 5.92 Å². The van der Waals surface area contributed by atoms with Crippen molar-refractivity contribution < 1.29 is 9.53 Å². The number of hydrogen-bond donors (Lipinski definition) is 1. The molecule has 2 heterocycles. The van der Waals surface area contributed by atoms with Gasteiger partial charge in [-0.2, -0.15) is 0 Å². The molecule has 1 amide bonds. The lowest BCUT2D eigenvalue weighted by atomic mass is 9.85. The summed E-state index contributed by atoms with van der Waals surface area (Å²) < 4.78 is 4.74. The molecule has 0 aromatic heterocycles. The maximum absolute atomic E-state index is 11.3. The van der Waals surface area contributed by atoms with E-state index in [9.17, 15) is 4.79 Å². The molecule has 0 aliphatic carbocycles. The number of methoxy groups -OCH3 is 1. The van der Waals surface area contributed by atoms with Crippen molar-refractivity contribution >= 4 is 6.09 Å². The van der Waals surface area contributed by atoms with Gasteiger partial charge in [-0.15, -0.1) is 0 Å². The summed E-state index contributed by atoms with van der Waals surface area (Å²) in [5.41, 5.74) is 0. The Morgan fingerprint density at radius 1 is 1.50 bits per heavy atom. The number of ether oxygens (including phenoxy) is 1. The van der Waals surface area contributed by atoms with E-state index < -0.39 is 0 Å². The molecule has 4 heteroatoms. The summed E-state index contributed by atoms with van der Waals surface area (Å²) in [5.74, 6) is 0.636. The molecule has 0 spiro atoms. The van der Waals surface area contributed by atoms with Gasteiger partial charge in [0.05, 0.1) is 7.11 Å². The second kappa shape index (κ2) is 4.17. The highest BCUT2D eigenvalue weighted by atomic mass is 16.5. The zero-order chi connectivity index (χ0) is 9.97. The van der Waals surface area contributed by atoms with Crippen molar-refractivity contribution in [3.63, 3.8) is 0 Å². The number of carbonyl (C=O) groups excluding carboxylic acids is 1. The topological polar surface area (TPSA) is 41.6 Å². The van der Waals surface area contributed by atoms with Gasteiger partial charge < -0.3 is 15.0 Å². The monoisotopic (exact) mass is 198 g/mol. The van der Waals surface area contributed by atoms with Crippen molar-refractivity contribution in [2.45, 2.75) is 25.3 Å². The third-order valence-corrected chi connectivity index (χ3v) is 3.32. The summed E-state index contributed by atoms with van der Waals surface area (Å²) in [4.78, 5) is 13.2. The van der Waals surface area contributed by atoms with E-state index in [0.29, 0.717) is 12.0 Å². The van der Waals surface area contributed by atoms with E-state index in [4.69, 9.17) is 4.74 Å². The average molecular weight is 198 g/mol. The van der Waals surface area contributed by atoms with Crippen molar-refractivity contribution in [2.75, 3.05) is 26.7 Å². The molecule has 0 aromatic rings. The highest BCUT2D eigenvalue weighted by Crippen LogP contribution is 2.24. The van der Waals surface area contributed by atoms with Crippen LogP contribution < -0.4 is 5.32 Å². The average Bonchev–Trinajstić information content (AvgIpc) is 2.27. The Morgan fingerprint density at radius 3 is 3.14 bits per heavy atom. The van der Waals surface area contributed by atoms with Crippen molar-refractivity contribution in [3.8, 4) is 0 Å². The predicted octanol–water partition coefficient (Wildman–Crippen LogP) is 0.827. The molecule has 1 N–H and O–H groups in total. The molecule has 0 bridgehead atoms. The number of nitrogens with zero attached hydrogens (tertiary/aromatic N) is 1. The first-order valence-electron chi connectivity index (χ1n) is 5.37. The number of rotatable bonds is 0. The van der Waals surface area contributed by atoms with Gasteiger partial charge in [0.15, 0.2) is 0 Å². The standard InChI is InChI=1S/C10H18N2O2/c1-14-10(13)12-6-4-9-8(7-12)3-2-5-11-9/h8-9,11H,2-7H2,1H3/t8-,9-/m0/s1. The predicted molar refractivity (Wildman–Crippen MR) is 53.1 cm³/mol. The molecule has 2 atom stereocenters. The molecular weight excluding hydrogens is 180 g/mol. The second-order valence-corrected chi connectivity index (χ2v) is 4.17. The Morgan fingerprint density at radius 2 is 2.36 bits per heavy atom. The molecule has 4 nitrogen and oxygen atoms in total. The maximum Gasteiger partial charge on any atom is 0.409 e. The molecule has 14 heavy (non-hydrogen) atoms. The summed E-state index contributed by atoms with van der Waals surface area (Å²) in [6.07, 6.45) is 3.37. The minimum atomic E-state index is -0.172. The lowest BCUT2D eigenvalue weighted by Gasteiger charge is -2.41. The fraction of sp³-hybridized carbons (Fsp3) is 0.900. The Balaban J connectivity index is 1.92. The van der Waals surface area contributed by atoms with Crippen LogP contribution in [-0.4, -0.2) is 43.8 Å². The van der Waals surface area contributed by atoms with Gasteiger partial charge in [-0.05, 0) is 31.7 Å². The molecule has 2 aliphatic rings. The third kappa shape index (κ3) is 1.85. The molecule has 0 unspecified atom stereocenters. The highest BCUT2D eigenvalue weighted by Gasteiger charge is 2.32. The quantitative estimate of drug-likeness (QED) is 0.626. The molecule has 0 radical (unpaired) electrons. The molecular formula is C10H18N2O2. The van der Waals surface area contributed by atoms with Crippen LogP contribution >= 0.6 is 0 Å². The van der Waals surface area contributed by atoms with Crippen molar-refractivity contribution in [1.82, 2.24) is 10.2 Å². The van der Waals surface area contributed by atoms with Gasteiger partial charge in [0.2, 0.25) is 0 Å². The number of hydrogen-bond acceptors (Lipinski definition) is 3. The number of fused-ring (bicyclic) bond motifs is 1. The van der Waals surface area contributed by atoms with E-state index in [1.54, 1.807) is 0 Å². The smallest absolute Gasteiger partial charge is 0.409 e. The van der Waals surface area contributed by atoms with Gasteiger partial charge in [0.1, 0.15) is 0 Å². The highest BCUT2D eigenvalue weighted by molar-refractivity contribution is 5.67. The van der Waals surface area contributed by atoms with Crippen LogP contribution in [0.5, 0.6) is 0 Å². The third-order valence-electron chi connectivity index (χ3n) is 3.32. The first-order chi connectivity index (χ1) is 6.81. The lowest BCUT2D eigenvalue weighted by Crippen LogP contribution is -2.53. The van der Waals surface area contributed by atoms with Crippen molar-refractivity contribution in [1.29, 1.82) is 0 Å². The minimum Gasteiger partial charge on any atom is -0.453 e. The van der Waals surface area contributed by atoms with Gasteiger partial charge in [0, 0.05) is 19.1 Å². The first kappa shape index (κ1) is 9.77. The fourth-order valence-electron chi connectivity index (χ4n) is 2.54. The van der Waals surface area contributed by atoms with Crippen LogP contribution in [-0.2, 0) is 4.74 Å². The zero-order valence-electron chi connectivity index (χ0n) is 8.66. The van der Waals surface area contributed by atoms with E-state index in [-0.39, 0.29) is 6.09 Å². The van der Waals surface area contributed by atoms with Gasteiger partial charge in [-0.3, -0.25) is 0 Å². The maximum atomic E-state index is 11.3. The summed E-state index contributed by atoms with van der Waals surface area (Å²) in [6.45, 7) is 2.84. The molecule has 2 saturated heterocycles. The lowest BCUT2D eigenvalue weighted by molar-refractivity contribution is 0.0817. The van der Waals surface area contributed by atoms with E-state index in [0.717, 1.165) is 26.1 Å². The van der Waals surface area contributed by atoms with Crippen LogP contribution in [0, 0.1) is 5.92 Å². The fourth-order valence-corrected chi connectivity index (χ4v) is 2.54. The van der Waals surface area contributed by atoms with E-state index >= 15 is 0 Å². The number of amides is 1. The Bertz CT molecular complexity index is 220. The molecule has 2 fully saturated rings. The molecule has 80 valence electrons. The Hall–Kier alpha value is -0.770. The van der Waals surface area contributed by atoms with E-state index in [2.05, 4.69) is 5.32 Å².